The molecule has 1 aromatic heterocycles. The number of rotatable bonds is 5. The van der Waals surface area contributed by atoms with Crippen LogP contribution in [0.1, 0.15) is 6.42 Å². The maximum Gasteiger partial charge on any atom is 0.313 e. The quantitative estimate of drug-likeness (QED) is 0.400. The van der Waals surface area contributed by atoms with E-state index in [2.05, 4.69) is 20.9 Å². The number of amides is 2. The van der Waals surface area contributed by atoms with Crippen molar-refractivity contribution in [2.45, 2.75) is 6.42 Å². The molecule has 0 aliphatic rings. The van der Waals surface area contributed by atoms with Crippen molar-refractivity contribution in [1.82, 2.24) is 15.6 Å². The SMILES string of the molecule is CNCCCNC(=O)C(=O)Nc1c[nH]ccc1=O. The summed E-state index contributed by atoms with van der Waals surface area (Å²) in [5, 5.41) is 7.61. The zero-order chi connectivity index (χ0) is 13.4. The molecular formula is C11H16N4O3. The van der Waals surface area contributed by atoms with Gasteiger partial charge < -0.3 is 20.9 Å². The minimum atomic E-state index is -0.851. The highest BCUT2D eigenvalue weighted by Crippen LogP contribution is 1.94. The Hall–Kier alpha value is -2.15. The second-order valence-electron chi connectivity index (χ2n) is 3.59. The van der Waals surface area contributed by atoms with Crippen LogP contribution in [0.25, 0.3) is 0 Å². The molecule has 0 atom stereocenters. The van der Waals surface area contributed by atoms with Gasteiger partial charge >= 0.3 is 11.8 Å². The van der Waals surface area contributed by atoms with E-state index in [1.807, 2.05) is 0 Å². The number of H-pyrrole nitrogens is 1. The minimum absolute atomic E-state index is 0.0490. The molecule has 0 bridgehead atoms. The molecule has 0 aliphatic carbocycles. The van der Waals surface area contributed by atoms with E-state index in [9.17, 15) is 14.4 Å². The van der Waals surface area contributed by atoms with E-state index in [1.165, 1.54) is 18.5 Å². The molecule has 0 unspecified atom stereocenters. The van der Waals surface area contributed by atoms with Gasteiger partial charge in [-0.1, -0.05) is 0 Å². The van der Waals surface area contributed by atoms with E-state index in [1.54, 1.807) is 7.05 Å². The van der Waals surface area contributed by atoms with Crippen molar-refractivity contribution in [3.05, 3.63) is 28.7 Å². The molecule has 0 saturated carbocycles. The average molecular weight is 252 g/mol. The third-order valence-corrected chi connectivity index (χ3v) is 2.17. The monoisotopic (exact) mass is 252 g/mol. The van der Waals surface area contributed by atoms with Crippen molar-refractivity contribution in [3.8, 4) is 0 Å². The van der Waals surface area contributed by atoms with Gasteiger partial charge in [-0.2, -0.15) is 0 Å². The van der Waals surface area contributed by atoms with E-state index in [4.69, 9.17) is 0 Å². The summed E-state index contributed by atoms with van der Waals surface area (Å²) in [5.41, 5.74) is -0.307. The molecule has 0 fully saturated rings. The fraction of sp³-hybridized carbons (Fsp3) is 0.364. The molecule has 2 amide bonds. The van der Waals surface area contributed by atoms with Gasteiger partial charge in [-0.05, 0) is 20.0 Å². The van der Waals surface area contributed by atoms with E-state index in [0.29, 0.717) is 6.54 Å². The van der Waals surface area contributed by atoms with Gasteiger partial charge in [0, 0.05) is 25.0 Å². The Bertz CT molecular complexity index is 469. The van der Waals surface area contributed by atoms with Gasteiger partial charge in [-0.3, -0.25) is 14.4 Å². The van der Waals surface area contributed by atoms with Crippen LogP contribution in [0.5, 0.6) is 0 Å². The zero-order valence-electron chi connectivity index (χ0n) is 10.1. The van der Waals surface area contributed by atoms with E-state index in [0.717, 1.165) is 13.0 Å². The Morgan fingerprint density at radius 2 is 2.06 bits per heavy atom. The number of anilines is 1. The highest BCUT2D eigenvalue weighted by atomic mass is 16.2. The molecule has 0 aromatic carbocycles. The van der Waals surface area contributed by atoms with Crippen LogP contribution < -0.4 is 21.4 Å². The molecule has 7 heteroatoms. The van der Waals surface area contributed by atoms with Crippen molar-refractivity contribution in [2.24, 2.45) is 0 Å². The van der Waals surface area contributed by atoms with Crippen molar-refractivity contribution in [2.75, 3.05) is 25.5 Å². The zero-order valence-corrected chi connectivity index (χ0v) is 10.1. The lowest BCUT2D eigenvalue weighted by Crippen LogP contribution is -2.37. The summed E-state index contributed by atoms with van der Waals surface area (Å²) in [7, 11) is 1.80. The summed E-state index contributed by atoms with van der Waals surface area (Å²) in [4.78, 5) is 36.8. The Balaban J connectivity index is 2.43. The lowest BCUT2D eigenvalue weighted by Gasteiger charge is -2.05. The molecule has 0 radical (unpaired) electrons. The Morgan fingerprint density at radius 3 is 2.72 bits per heavy atom. The van der Waals surface area contributed by atoms with Crippen molar-refractivity contribution < 1.29 is 9.59 Å². The number of aromatic nitrogens is 1. The molecule has 18 heavy (non-hydrogen) atoms. The van der Waals surface area contributed by atoms with Crippen LogP contribution in [0.15, 0.2) is 23.3 Å². The van der Waals surface area contributed by atoms with Gasteiger partial charge in [0.1, 0.15) is 5.69 Å². The number of carbonyl (C=O) groups excluding carboxylic acids is 2. The molecule has 1 rings (SSSR count). The lowest BCUT2D eigenvalue weighted by molar-refractivity contribution is -0.136. The standard InChI is InChI=1S/C11H16N4O3/c1-12-4-2-5-14-10(17)11(18)15-8-7-13-6-3-9(8)16/h3,6-7,12H,2,4-5H2,1H3,(H,13,16)(H,14,17)(H,15,18). The van der Waals surface area contributed by atoms with Crippen LogP contribution in [-0.2, 0) is 9.59 Å². The van der Waals surface area contributed by atoms with Gasteiger partial charge in [0.15, 0.2) is 0 Å². The fourth-order valence-electron chi connectivity index (χ4n) is 1.24. The molecule has 4 N–H and O–H groups in total. The van der Waals surface area contributed by atoms with Crippen LogP contribution in [0.2, 0.25) is 0 Å². The van der Waals surface area contributed by atoms with Crippen LogP contribution in [0, 0.1) is 0 Å². The Kier molecular flexibility index (Phi) is 5.59. The third kappa shape index (κ3) is 4.38. The lowest BCUT2D eigenvalue weighted by atomic mass is 10.3. The first-order valence-corrected chi connectivity index (χ1v) is 5.56. The molecule has 0 spiro atoms. The smallest absolute Gasteiger partial charge is 0.313 e. The van der Waals surface area contributed by atoms with Gasteiger partial charge in [-0.15, -0.1) is 0 Å². The topological polar surface area (TPSA) is 103 Å². The number of hydrogen-bond acceptors (Lipinski definition) is 4. The summed E-state index contributed by atoms with van der Waals surface area (Å²) >= 11 is 0. The Labute approximate surface area is 104 Å². The first-order chi connectivity index (χ1) is 8.65. The first-order valence-electron chi connectivity index (χ1n) is 5.56. The normalized spacial score (nSPS) is 9.83. The van der Waals surface area contributed by atoms with Crippen molar-refractivity contribution in [3.63, 3.8) is 0 Å². The maximum absolute atomic E-state index is 11.4. The van der Waals surface area contributed by atoms with Gasteiger partial charge in [-0.25, -0.2) is 0 Å². The van der Waals surface area contributed by atoms with Crippen molar-refractivity contribution >= 4 is 17.5 Å². The van der Waals surface area contributed by atoms with E-state index in [-0.39, 0.29) is 11.1 Å². The molecule has 7 nitrogen and oxygen atoms in total. The summed E-state index contributed by atoms with van der Waals surface area (Å²) in [6.45, 7) is 1.15. The highest BCUT2D eigenvalue weighted by Gasteiger charge is 2.13. The molecule has 1 heterocycles. The average Bonchev–Trinajstić information content (AvgIpc) is 2.37. The summed E-state index contributed by atoms with van der Waals surface area (Å²) in [6, 6.07) is 1.26. The number of aromatic amines is 1. The van der Waals surface area contributed by atoms with Crippen LogP contribution in [-0.4, -0.2) is 36.9 Å². The number of carbonyl (C=O) groups is 2. The number of pyridine rings is 1. The van der Waals surface area contributed by atoms with Crippen molar-refractivity contribution in [1.29, 1.82) is 0 Å². The first kappa shape index (κ1) is 13.9. The second kappa shape index (κ2) is 7.23. The Morgan fingerprint density at radius 1 is 1.28 bits per heavy atom. The highest BCUT2D eigenvalue weighted by molar-refractivity contribution is 6.39. The van der Waals surface area contributed by atoms with Gasteiger partial charge in [0.05, 0.1) is 0 Å². The fourth-order valence-corrected chi connectivity index (χ4v) is 1.24. The van der Waals surface area contributed by atoms with Crippen LogP contribution in [0.3, 0.4) is 0 Å². The predicted molar refractivity (Wildman–Crippen MR) is 67.2 cm³/mol. The summed E-state index contributed by atoms with van der Waals surface area (Å²) in [5.74, 6) is -1.61. The molecular weight excluding hydrogens is 236 g/mol. The minimum Gasteiger partial charge on any atom is -0.366 e. The predicted octanol–water partition coefficient (Wildman–Crippen LogP) is -0.961. The van der Waals surface area contributed by atoms with Crippen LogP contribution >= 0.6 is 0 Å². The largest absolute Gasteiger partial charge is 0.366 e. The second-order valence-corrected chi connectivity index (χ2v) is 3.59. The maximum atomic E-state index is 11.4. The van der Waals surface area contributed by atoms with Gasteiger partial charge in [0.2, 0.25) is 5.43 Å². The third-order valence-electron chi connectivity index (χ3n) is 2.17. The number of hydrogen-bond donors (Lipinski definition) is 4. The van der Waals surface area contributed by atoms with E-state index >= 15 is 0 Å². The molecule has 98 valence electrons. The van der Waals surface area contributed by atoms with E-state index < -0.39 is 11.8 Å². The molecule has 0 aliphatic heterocycles. The molecule has 0 saturated heterocycles. The summed E-state index contributed by atoms with van der Waals surface area (Å²) in [6.07, 6.45) is 3.49. The van der Waals surface area contributed by atoms with Gasteiger partial charge in [0.25, 0.3) is 0 Å². The number of nitrogens with one attached hydrogen (secondary N) is 4. The summed E-state index contributed by atoms with van der Waals surface area (Å²) < 4.78 is 0. The molecule has 1 aromatic rings. The van der Waals surface area contributed by atoms with Crippen LogP contribution in [0.4, 0.5) is 5.69 Å².